The number of hydrogen-bond acceptors (Lipinski definition) is 5. The number of benzene rings is 2. The molecular weight excluding hydrogens is 390 g/mol. The summed E-state index contributed by atoms with van der Waals surface area (Å²) in [5.41, 5.74) is 0.146. The molecule has 1 atom stereocenters. The first kappa shape index (κ1) is 22.3. The minimum Gasteiger partial charge on any atom is -0.480 e. The van der Waals surface area contributed by atoms with Crippen molar-refractivity contribution in [3.8, 4) is 0 Å². The zero-order chi connectivity index (χ0) is 22.3. The lowest BCUT2D eigenvalue weighted by Crippen LogP contribution is -2.47. The molecule has 0 unspecified atom stereocenters. The van der Waals surface area contributed by atoms with Crippen LogP contribution in [-0.2, 0) is 9.59 Å². The maximum Gasteiger partial charge on any atom is 0.326 e. The summed E-state index contributed by atoms with van der Waals surface area (Å²) in [5, 5.41) is 25.2. The molecule has 0 aliphatic carbocycles. The van der Waals surface area contributed by atoms with Crippen LogP contribution in [0, 0.1) is 16.0 Å². The molecule has 3 N–H and O–H groups in total. The molecule has 0 aromatic heterocycles. The predicted octanol–water partition coefficient (Wildman–Crippen LogP) is 2.59. The third-order valence-corrected chi connectivity index (χ3v) is 4.14. The average Bonchev–Trinajstić information content (AvgIpc) is 2.71. The van der Waals surface area contributed by atoms with Crippen molar-refractivity contribution in [1.29, 1.82) is 0 Å². The second kappa shape index (κ2) is 9.97. The number of carboxylic acids is 1. The molecule has 9 heteroatoms. The van der Waals surface area contributed by atoms with Crippen LogP contribution in [0.5, 0.6) is 0 Å². The second-order valence-electron chi connectivity index (χ2n) is 6.76. The van der Waals surface area contributed by atoms with Gasteiger partial charge in [-0.25, -0.2) is 4.79 Å². The molecule has 9 nitrogen and oxygen atoms in total. The van der Waals surface area contributed by atoms with Crippen molar-refractivity contribution in [2.24, 2.45) is 5.92 Å². The Balaban J connectivity index is 2.40. The Hall–Kier alpha value is -4.01. The molecule has 0 spiro atoms. The lowest BCUT2D eigenvalue weighted by Gasteiger charge is -2.19. The standard InChI is InChI=1S/C21H21N3O6/c1-13(2)18(21(27)28)23-20(26)17(22-19(25)15-8-4-3-5-9-15)12-14-7-6-10-16(11-14)24(29)30/h3-13,18H,1-2H3,(H,22,25)(H,23,26)(H,27,28)/b17-12+/t18-/m1/s1. The molecule has 0 aliphatic rings. The molecule has 2 aromatic rings. The summed E-state index contributed by atoms with van der Waals surface area (Å²) in [6, 6.07) is 12.4. The van der Waals surface area contributed by atoms with Crippen LogP contribution in [0.2, 0.25) is 0 Å². The average molecular weight is 411 g/mol. The summed E-state index contributed by atoms with van der Waals surface area (Å²) < 4.78 is 0. The van der Waals surface area contributed by atoms with Crippen molar-refractivity contribution >= 4 is 29.5 Å². The number of rotatable bonds is 8. The number of nitro groups is 1. The van der Waals surface area contributed by atoms with E-state index in [-0.39, 0.29) is 16.9 Å². The van der Waals surface area contributed by atoms with E-state index >= 15 is 0 Å². The summed E-state index contributed by atoms with van der Waals surface area (Å²) >= 11 is 0. The van der Waals surface area contributed by atoms with Gasteiger partial charge in [-0.05, 0) is 29.7 Å². The first-order valence-electron chi connectivity index (χ1n) is 9.05. The number of carbonyl (C=O) groups excluding carboxylic acids is 2. The Bertz CT molecular complexity index is 985. The van der Waals surface area contributed by atoms with Crippen LogP contribution in [-0.4, -0.2) is 33.9 Å². The fourth-order valence-corrected chi connectivity index (χ4v) is 2.57. The highest BCUT2D eigenvalue weighted by Gasteiger charge is 2.25. The van der Waals surface area contributed by atoms with Gasteiger partial charge in [0.1, 0.15) is 11.7 Å². The minimum absolute atomic E-state index is 0.191. The monoisotopic (exact) mass is 411 g/mol. The van der Waals surface area contributed by atoms with Gasteiger partial charge in [0.15, 0.2) is 0 Å². The maximum atomic E-state index is 12.8. The highest BCUT2D eigenvalue weighted by Crippen LogP contribution is 2.16. The third-order valence-electron chi connectivity index (χ3n) is 4.14. The smallest absolute Gasteiger partial charge is 0.326 e. The molecule has 2 aromatic carbocycles. The van der Waals surface area contributed by atoms with Crippen molar-refractivity contribution in [3.05, 3.63) is 81.5 Å². The second-order valence-corrected chi connectivity index (χ2v) is 6.76. The Labute approximate surface area is 172 Å². The SMILES string of the molecule is CC(C)[C@@H](NC(=O)/C(=C\c1cccc([N+](=O)[O-])c1)NC(=O)c1ccccc1)C(=O)O. The summed E-state index contributed by atoms with van der Waals surface area (Å²) in [6.45, 7) is 3.26. The summed E-state index contributed by atoms with van der Waals surface area (Å²) in [6.07, 6.45) is 1.25. The number of nitrogens with zero attached hydrogens (tertiary/aromatic N) is 1. The van der Waals surface area contributed by atoms with Crippen LogP contribution in [0.1, 0.15) is 29.8 Å². The van der Waals surface area contributed by atoms with Gasteiger partial charge in [-0.15, -0.1) is 0 Å². The summed E-state index contributed by atoms with van der Waals surface area (Å²) in [7, 11) is 0. The van der Waals surface area contributed by atoms with Crippen LogP contribution >= 0.6 is 0 Å². The molecule has 0 fully saturated rings. The minimum atomic E-state index is -1.22. The number of hydrogen-bond donors (Lipinski definition) is 3. The molecule has 0 heterocycles. The molecule has 0 saturated heterocycles. The Morgan fingerprint density at radius 2 is 1.73 bits per heavy atom. The Morgan fingerprint density at radius 1 is 1.07 bits per heavy atom. The molecule has 0 bridgehead atoms. The highest BCUT2D eigenvalue weighted by atomic mass is 16.6. The van der Waals surface area contributed by atoms with Crippen LogP contribution < -0.4 is 10.6 Å². The van der Waals surface area contributed by atoms with Gasteiger partial charge < -0.3 is 15.7 Å². The van der Waals surface area contributed by atoms with Crippen molar-refractivity contribution in [2.75, 3.05) is 0 Å². The number of aliphatic carboxylic acids is 1. The van der Waals surface area contributed by atoms with Gasteiger partial charge in [0.25, 0.3) is 17.5 Å². The van der Waals surface area contributed by atoms with E-state index in [9.17, 15) is 29.6 Å². The topological polar surface area (TPSA) is 139 Å². The molecule has 0 radical (unpaired) electrons. The molecule has 2 amide bonds. The molecule has 0 aliphatic heterocycles. The van der Waals surface area contributed by atoms with Gasteiger partial charge in [-0.2, -0.15) is 0 Å². The zero-order valence-corrected chi connectivity index (χ0v) is 16.4. The summed E-state index contributed by atoms with van der Waals surface area (Å²) in [5.74, 6) is -3.04. The first-order valence-corrected chi connectivity index (χ1v) is 9.05. The molecule has 0 saturated carbocycles. The predicted molar refractivity (Wildman–Crippen MR) is 109 cm³/mol. The van der Waals surface area contributed by atoms with E-state index in [0.717, 1.165) is 0 Å². The van der Waals surface area contributed by atoms with Gasteiger partial charge >= 0.3 is 5.97 Å². The zero-order valence-electron chi connectivity index (χ0n) is 16.4. The van der Waals surface area contributed by atoms with E-state index in [2.05, 4.69) is 10.6 Å². The van der Waals surface area contributed by atoms with Crippen LogP contribution in [0.4, 0.5) is 5.69 Å². The quantitative estimate of drug-likeness (QED) is 0.347. The van der Waals surface area contributed by atoms with E-state index in [0.29, 0.717) is 5.56 Å². The van der Waals surface area contributed by atoms with Crippen LogP contribution in [0.25, 0.3) is 6.08 Å². The van der Waals surface area contributed by atoms with Gasteiger partial charge in [0.05, 0.1) is 4.92 Å². The van der Waals surface area contributed by atoms with E-state index < -0.39 is 34.7 Å². The largest absolute Gasteiger partial charge is 0.480 e. The fourth-order valence-electron chi connectivity index (χ4n) is 2.57. The number of nitro benzene ring substituents is 1. The number of non-ortho nitro benzene ring substituents is 1. The normalized spacial score (nSPS) is 12.2. The molecule has 2 rings (SSSR count). The van der Waals surface area contributed by atoms with E-state index in [1.807, 2.05) is 0 Å². The molecule has 30 heavy (non-hydrogen) atoms. The van der Waals surface area contributed by atoms with E-state index in [4.69, 9.17) is 0 Å². The number of nitrogens with one attached hydrogen (secondary N) is 2. The van der Waals surface area contributed by atoms with Crippen molar-refractivity contribution in [1.82, 2.24) is 10.6 Å². The van der Waals surface area contributed by atoms with E-state index in [1.165, 1.54) is 30.3 Å². The lowest BCUT2D eigenvalue weighted by molar-refractivity contribution is -0.384. The fraction of sp³-hybridized carbons (Fsp3) is 0.190. The van der Waals surface area contributed by atoms with Crippen LogP contribution in [0.15, 0.2) is 60.3 Å². The van der Waals surface area contributed by atoms with Gasteiger partial charge in [0, 0.05) is 17.7 Å². The van der Waals surface area contributed by atoms with Crippen LogP contribution in [0.3, 0.4) is 0 Å². The van der Waals surface area contributed by atoms with Gasteiger partial charge in [0.2, 0.25) is 0 Å². The first-order chi connectivity index (χ1) is 14.2. The van der Waals surface area contributed by atoms with Gasteiger partial charge in [-0.3, -0.25) is 19.7 Å². The Morgan fingerprint density at radius 3 is 2.30 bits per heavy atom. The number of carbonyl (C=O) groups is 3. The molecule has 156 valence electrons. The number of amides is 2. The van der Waals surface area contributed by atoms with Crippen molar-refractivity contribution in [3.63, 3.8) is 0 Å². The third kappa shape index (κ3) is 5.99. The summed E-state index contributed by atoms with van der Waals surface area (Å²) in [4.78, 5) is 47.1. The molecular formula is C21H21N3O6. The lowest BCUT2D eigenvalue weighted by atomic mass is 10.0. The van der Waals surface area contributed by atoms with Gasteiger partial charge in [-0.1, -0.05) is 44.2 Å². The highest BCUT2D eigenvalue weighted by molar-refractivity contribution is 6.06. The number of carboxylic acid groups (broad SMARTS) is 1. The van der Waals surface area contributed by atoms with E-state index in [1.54, 1.807) is 44.2 Å². The maximum absolute atomic E-state index is 12.8. The Kier molecular flexibility index (Phi) is 7.40. The van der Waals surface area contributed by atoms with Crippen molar-refractivity contribution in [2.45, 2.75) is 19.9 Å². The van der Waals surface area contributed by atoms with Crippen molar-refractivity contribution < 1.29 is 24.4 Å².